The Balaban J connectivity index is 2.24. The number of nitrogens with two attached hydrogens (primary N) is 1. The van der Waals surface area contributed by atoms with Crippen LogP contribution < -0.4 is 5.73 Å². The molecule has 5 heteroatoms. The normalized spacial score (nSPS) is 10.7. The van der Waals surface area contributed by atoms with Crippen LogP contribution in [0.1, 0.15) is 10.4 Å². The number of primary amides is 1. The number of nitrogens with zero attached hydrogens (tertiary/aromatic N) is 3. The Morgan fingerprint density at radius 2 is 2.11 bits per heavy atom. The molecule has 2 N–H and O–H groups in total. The highest BCUT2D eigenvalue weighted by Gasteiger charge is 2.09. The number of carbonyl (C=O) groups excluding carboxylic acids is 1. The first-order valence-corrected chi connectivity index (χ1v) is 5.43. The second-order valence-corrected chi connectivity index (χ2v) is 3.88. The second-order valence-electron chi connectivity index (χ2n) is 3.88. The van der Waals surface area contributed by atoms with E-state index in [2.05, 4.69) is 9.97 Å². The SMILES string of the molecule is NC(=O)c1ccn2cnc(-c3ccccn3)c2c1. The standard InChI is InChI=1S/C13H10N4O/c14-13(18)9-4-6-17-8-16-12(11(17)7-9)10-3-1-2-5-15-10/h1-8H,(H2,14,18). The van der Waals surface area contributed by atoms with Gasteiger partial charge in [0.25, 0.3) is 0 Å². The van der Waals surface area contributed by atoms with Gasteiger partial charge in [0.1, 0.15) is 12.0 Å². The molecular weight excluding hydrogens is 228 g/mol. The summed E-state index contributed by atoms with van der Waals surface area (Å²) in [6, 6.07) is 9.00. The third kappa shape index (κ3) is 1.62. The van der Waals surface area contributed by atoms with Crippen LogP contribution in [0.2, 0.25) is 0 Å². The monoisotopic (exact) mass is 238 g/mol. The Hall–Kier alpha value is -2.69. The number of aromatic nitrogens is 3. The summed E-state index contributed by atoms with van der Waals surface area (Å²) in [6.07, 6.45) is 5.15. The van der Waals surface area contributed by atoms with Crippen molar-refractivity contribution in [1.29, 1.82) is 0 Å². The van der Waals surface area contributed by atoms with Gasteiger partial charge in [-0.1, -0.05) is 6.07 Å². The van der Waals surface area contributed by atoms with E-state index in [4.69, 9.17) is 5.73 Å². The van der Waals surface area contributed by atoms with Gasteiger partial charge in [0.2, 0.25) is 5.91 Å². The first-order valence-electron chi connectivity index (χ1n) is 5.43. The number of amides is 1. The highest BCUT2D eigenvalue weighted by atomic mass is 16.1. The Morgan fingerprint density at radius 1 is 1.22 bits per heavy atom. The van der Waals surface area contributed by atoms with Crippen molar-refractivity contribution in [3.8, 4) is 11.4 Å². The number of hydrogen-bond donors (Lipinski definition) is 1. The molecule has 0 aliphatic heterocycles. The molecule has 5 nitrogen and oxygen atoms in total. The summed E-state index contributed by atoms with van der Waals surface area (Å²) in [4.78, 5) is 19.8. The molecule has 18 heavy (non-hydrogen) atoms. The zero-order valence-corrected chi connectivity index (χ0v) is 9.45. The molecular formula is C13H10N4O. The lowest BCUT2D eigenvalue weighted by Crippen LogP contribution is -2.10. The molecule has 3 aromatic rings. The highest BCUT2D eigenvalue weighted by Crippen LogP contribution is 2.21. The Bertz CT molecular complexity index is 718. The van der Waals surface area contributed by atoms with Gasteiger partial charge < -0.3 is 10.1 Å². The fourth-order valence-corrected chi connectivity index (χ4v) is 1.84. The molecule has 0 aliphatic carbocycles. The van der Waals surface area contributed by atoms with Crippen LogP contribution >= 0.6 is 0 Å². The second kappa shape index (κ2) is 3.96. The molecule has 0 bridgehead atoms. The van der Waals surface area contributed by atoms with Crippen LogP contribution in [0.5, 0.6) is 0 Å². The molecule has 0 aliphatic rings. The lowest BCUT2D eigenvalue weighted by atomic mass is 10.2. The van der Waals surface area contributed by atoms with Crippen molar-refractivity contribution in [2.45, 2.75) is 0 Å². The number of rotatable bonds is 2. The first kappa shape index (κ1) is 10.5. The van der Waals surface area contributed by atoms with Crippen molar-refractivity contribution in [3.63, 3.8) is 0 Å². The van der Waals surface area contributed by atoms with E-state index < -0.39 is 5.91 Å². The molecule has 0 spiro atoms. The van der Waals surface area contributed by atoms with Crippen LogP contribution in [0.4, 0.5) is 0 Å². The number of carbonyl (C=O) groups is 1. The van der Waals surface area contributed by atoms with Gasteiger partial charge in [-0.25, -0.2) is 4.98 Å². The third-order valence-electron chi connectivity index (χ3n) is 2.73. The molecule has 0 saturated carbocycles. The number of fused-ring (bicyclic) bond motifs is 1. The molecule has 0 unspecified atom stereocenters. The number of pyridine rings is 2. The van der Waals surface area contributed by atoms with Gasteiger partial charge in [0, 0.05) is 18.0 Å². The van der Waals surface area contributed by atoms with Crippen LogP contribution in [-0.2, 0) is 0 Å². The molecule has 0 saturated heterocycles. The summed E-state index contributed by atoms with van der Waals surface area (Å²) in [5.74, 6) is -0.453. The van der Waals surface area contributed by atoms with Gasteiger partial charge >= 0.3 is 0 Å². The Morgan fingerprint density at radius 3 is 2.83 bits per heavy atom. The van der Waals surface area contributed by atoms with E-state index in [1.165, 1.54) is 0 Å². The molecule has 3 aromatic heterocycles. The van der Waals surface area contributed by atoms with E-state index in [0.717, 1.165) is 16.9 Å². The lowest BCUT2D eigenvalue weighted by Gasteiger charge is -2.00. The summed E-state index contributed by atoms with van der Waals surface area (Å²) in [5, 5.41) is 0. The fourth-order valence-electron chi connectivity index (χ4n) is 1.84. The average Bonchev–Trinajstić information content (AvgIpc) is 2.82. The zero-order valence-electron chi connectivity index (χ0n) is 9.45. The predicted molar refractivity (Wildman–Crippen MR) is 66.9 cm³/mol. The van der Waals surface area contributed by atoms with Crippen LogP contribution in [0.3, 0.4) is 0 Å². The summed E-state index contributed by atoms with van der Waals surface area (Å²) < 4.78 is 1.83. The predicted octanol–water partition coefficient (Wildman–Crippen LogP) is 1.50. The van der Waals surface area contributed by atoms with Crippen molar-refractivity contribution in [3.05, 3.63) is 54.6 Å². The molecule has 0 atom stereocenters. The van der Waals surface area contributed by atoms with E-state index >= 15 is 0 Å². The van der Waals surface area contributed by atoms with E-state index in [1.807, 2.05) is 22.6 Å². The largest absolute Gasteiger partial charge is 0.366 e. The van der Waals surface area contributed by atoms with Crippen molar-refractivity contribution < 1.29 is 4.79 Å². The summed E-state index contributed by atoms with van der Waals surface area (Å²) in [6.45, 7) is 0. The molecule has 3 rings (SSSR count). The van der Waals surface area contributed by atoms with Crippen LogP contribution in [0.25, 0.3) is 16.9 Å². The smallest absolute Gasteiger partial charge is 0.248 e. The Kier molecular flexibility index (Phi) is 2.30. The maximum Gasteiger partial charge on any atom is 0.248 e. The van der Waals surface area contributed by atoms with E-state index in [0.29, 0.717) is 5.56 Å². The van der Waals surface area contributed by atoms with Crippen molar-refractivity contribution in [1.82, 2.24) is 14.4 Å². The molecule has 88 valence electrons. The molecule has 3 heterocycles. The summed E-state index contributed by atoms with van der Waals surface area (Å²) >= 11 is 0. The van der Waals surface area contributed by atoms with Crippen molar-refractivity contribution in [2.75, 3.05) is 0 Å². The van der Waals surface area contributed by atoms with Gasteiger partial charge in [-0.15, -0.1) is 0 Å². The topological polar surface area (TPSA) is 73.3 Å². The maximum absolute atomic E-state index is 11.2. The third-order valence-corrected chi connectivity index (χ3v) is 2.73. The minimum absolute atomic E-state index is 0.453. The van der Waals surface area contributed by atoms with Gasteiger partial charge in [-0.05, 0) is 24.3 Å². The van der Waals surface area contributed by atoms with Crippen molar-refractivity contribution in [2.24, 2.45) is 5.73 Å². The van der Waals surface area contributed by atoms with Crippen LogP contribution in [0.15, 0.2) is 49.1 Å². The van der Waals surface area contributed by atoms with Crippen LogP contribution in [-0.4, -0.2) is 20.3 Å². The number of imidazole rings is 1. The molecule has 0 fully saturated rings. The Labute approximate surface area is 103 Å². The van der Waals surface area contributed by atoms with E-state index in [-0.39, 0.29) is 0 Å². The van der Waals surface area contributed by atoms with Gasteiger partial charge in [0.05, 0.1) is 11.2 Å². The maximum atomic E-state index is 11.2. The summed E-state index contributed by atoms with van der Waals surface area (Å²) in [7, 11) is 0. The minimum Gasteiger partial charge on any atom is -0.366 e. The minimum atomic E-state index is -0.453. The van der Waals surface area contributed by atoms with Gasteiger partial charge in [-0.3, -0.25) is 9.78 Å². The van der Waals surface area contributed by atoms with Gasteiger partial charge in [-0.2, -0.15) is 0 Å². The quantitative estimate of drug-likeness (QED) is 0.735. The fraction of sp³-hybridized carbons (Fsp3) is 0. The lowest BCUT2D eigenvalue weighted by molar-refractivity contribution is 0.100. The molecule has 0 aromatic carbocycles. The molecule has 0 radical (unpaired) electrons. The number of hydrogen-bond acceptors (Lipinski definition) is 3. The highest BCUT2D eigenvalue weighted by molar-refractivity contribution is 5.95. The van der Waals surface area contributed by atoms with Crippen LogP contribution in [0, 0.1) is 0 Å². The zero-order chi connectivity index (χ0) is 12.5. The van der Waals surface area contributed by atoms with E-state index in [1.54, 1.807) is 30.9 Å². The molecule has 1 amide bonds. The average molecular weight is 238 g/mol. The van der Waals surface area contributed by atoms with E-state index in [9.17, 15) is 4.79 Å². The van der Waals surface area contributed by atoms with Crippen molar-refractivity contribution >= 4 is 11.4 Å². The summed E-state index contributed by atoms with van der Waals surface area (Å²) in [5.41, 5.74) is 8.05. The van der Waals surface area contributed by atoms with Gasteiger partial charge in [0.15, 0.2) is 0 Å². The first-order chi connectivity index (χ1) is 8.75.